The average molecular weight is 260 g/mol. The lowest BCUT2D eigenvalue weighted by molar-refractivity contribution is 0.553. The summed E-state index contributed by atoms with van der Waals surface area (Å²) in [5.41, 5.74) is 5.47. The molecule has 1 aromatic rings. The number of sulfone groups is 1. The summed E-state index contributed by atoms with van der Waals surface area (Å²) in [5, 5.41) is 0.965. The highest BCUT2D eigenvalue weighted by atomic mass is 32.2. The van der Waals surface area contributed by atoms with Crippen LogP contribution in [0.25, 0.3) is 0 Å². The zero-order chi connectivity index (χ0) is 11.6. The number of hydrogen-bond donors (Lipinski definition) is 1. The number of nitrogens with two attached hydrogens (primary N) is 1. The van der Waals surface area contributed by atoms with E-state index in [2.05, 4.69) is 4.98 Å². The Kier molecular flexibility index (Phi) is 3.61. The lowest BCUT2D eigenvalue weighted by Gasteiger charge is -2.19. The Balaban J connectivity index is 2.11. The molecule has 6 heteroatoms. The minimum absolute atomic E-state index is 0.107. The van der Waals surface area contributed by atoms with E-state index < -0.39 is 9.84 Å². The first-order valence-electron chi connectivity index (χ1n) is 5.46. The minimum Gasteiger partial charge on any atom is -0.330 e. The monoisotopic (exact) mass is 260 g/mol. The molecule has 0 amide bonds. The fraction of sp³-hybridized carbons (Fsp3) is 0.700. The van der Waals surface area contributed by atoms with Gasteiger partial charge in [0.15, 0.2) is 9.84 Å². The molecule has 0 bridgehead atoms. The van der Waals surface area contributed by atoms with Gasteiger partial charge >= 0.3 is 0 Å². The normalized spacial score (nSPS) is 24.4. The van der Waals surface area contributed by atoms with Crippen molar-refractivity contribution in [3.63, 3.8) is 0 Å². The van der Waals surface area contributed by atoms with E-state index in [0.29, 0.717) is 12.3 Å². The Morgan fingerprint density at radius 3 is 3.06 bits per heavy atom. The molecule has 1 saturated heterocycles. The third-order valence-corrected chi connectivity index (χ3v) is 5.81. The number of thiazole rings is 1. The van der Waals surface area contributed by atoms with Crippen molar-refractivity contribution in [1.82, 2.24) is 4.98 Å². The molecule has 0 aromatic carbocycles. The van der Waals surface area contributed by atoms with Gasteiger partial charge in [0.25, 0.3) is 0 Å². The topological polar surface area (TPSA) is 73.0 Å². The molecule has 2 rings (SSSR count). The molecule has 4 nitrogen and oxygen atoms in total. The lowest BCUT2D eigenvalue weighted by atomic mass is 10.1. The number of hydrogen-bond acceptors (Lipinski definition) is 5. The maximum Gasteiger partial charge on any atom is 0.151 e. The molecule has 2 heterocycles. The van der Waals surface area contributed by atoms with Crippen LogP contribution in [0.1, 0.15) is 28.6 Å². The van der Waals surface area contributed by atoms with E-state index in [1.807, 2.05) is 6.20 Å². The van der Waals surface area contributed by atoms with Crippen molar-refractivity contribution in [2.24, 2.45) is 5.73 Å². The summed E-state index contributed by atoms with van der Waals surface area (Å²) in [6.07, 6.45) is 4.36. The standard InChI is InChI=1S/C10H16N2O2S2/c11-4-3-9-6-12-10(15-9)8-2-1-5-16(13,14)7-8/h6,8H,1-5,7,11H2. The van der Waals surface area contributed by atoms with Crippen molar-refractivity contribution >= 4 is 21.2 Å². The predicted molar refractivity (Wildman–Crippen MR) is 65.5 cm³/mol. The average Bonchev–Trinajstić information content (AvgIpc) is 2.65. The van der Waals surface area contributed by atoms with Gasteiger partial charge in [0.1, 0.15) is 0 Å². The summed E-state index contributed by atoms with van der Waals surface area (Å²) in [5.74, 6) is 0.711. The highest BCUT2D eigenvalue weighted by Gasteiger charge is 2.27. The largest absolute Gasteiger partial charge is 0.330 e. The SMILES string of the molecule is NCCc1cnc(C2CCCS(=O)(=O)C2)s1. The Morgan fingerprint density at radius 2 is 2.38 bits per heavy atom. The summed E-state index contributed by atoms with van der Waals surface area (Å²) in [4.78, 5) is 5.48. The van der Waals surface area contributed by atoms with Gasteiger partial charge in [0.2, 0.25) is 0 Å². The Hall–Kier alpha value is -0.460. The second-order valence-corrected chi connectivity index (χ2v) is 7.53. The molecule has 1 atom stereocenters. The van der Waals surface area contributed by atoms with Gasteiger partial charge in [0.05, 0.1) is 16.5 Å². The highest BCUT2D eigenvalue weighted by molar-refractivity contribution is 7.91. The minimum atomic E-state index is -2.84. The third-order valence-electron chi connectivity index (χ3n) is 2.77. The first-order valence-corrected chi connectivity index (χ1v) is 8.09. The van der Waals surface area contributed by atoms with Gasteiger partial charge in [-0.25, -0.2) is 13.4 Å². The van der Waals surface area contributed by atoms with Crippen LogP contribution in [0.3, 0.4) is 0 Å². The van der Waals surface area contributed by atoms with Crippen LogP contribution in [-0.2, 0) is 16.3 Å². The Labute approximate surface area is 99.8 Å². The molecule has 1 aliphatic heterocycles. The van der Waals surface area contributed by atoms with Crippen LogP contribution in [0.15, 0.2) is 6.20 Å². The highest BCUT2D eigenvalue weighted by Crippen LogP contribution is 2.31. The summed E-state index contributed by atoms with van der Waals surface area (Å²) in [6.45, 7) is 0.616. The molecule has 16 heavy (non-hydrogen) atoms. The van der Waals surface area contributed by atoms with Gasteiger partial charge in [-0.1, -0.05) is 0 Å². The van der Waals surface area contributed by atoms with Gasteiger partial charge < -0.3 is 5.73 Å². The molecule has 1 fully saturated rings. The maximum absolute atomic E-state index is 11.5. The molecule has 0 spiro atoms. The van der Waals surface area contributed by atoms with Crippen molar-refractivity contribution in [3.05, 3.63) is 16.1 Å². The number of nitrogens with zero attached hydrogens (tertiary/aromatic N) is 1. The van der Waals surface area contributed by atoms with E-state index >= 15 is 0 Å². The van der Waals surface area contributed by atoms with Gasteiger partial charge in [-0.15, -0.1) is 11.3 Å². The van der Waals surface area contributed by atoms with Crippen LogP contribution in [-0.4, -0.2) is 31.5 Å². The van der Waals surface area contributed by atoms with E-state index in [4.69, 9.17) is 5.73 Å². The van der Waals surface area contributed by atoms with Crippen LogP contribution < -0.4 is 5.73 Å². The molecular formula is C10H16N2O2S2. The second kappa shape index (κ2) is 4.81. The molecule has 1 unspecified atom stereocenters. The summed E-state index contributed by atoms with van der Waals surface area (Å²) < 4.78 is 23.0. The fourth-order valence-electron chi connectivity index (χ4n) is 1.99. The molecular weight excluding hydrogens is 244 g/mol. The smallest absolute Gasteiger partial charge is 0.151 e. The molecule has 0 aliphatic carbocycles. The zero-order valence-electron chi connectivity index (χ0n) is 9.05. The summed E-state index contributed by atoms with van der Waals surface area (Å²) in [7, 11) is -2.84. The fourth-order valence-corrected chi connectivity index (χ4v) is 4.87. The Morgan fingerprint density at radius 1 is 1.56 bits per heavy atom. The van der Waals surface area contributed by atoms with Crippen LogP contribution in [0.2, 0.25) is 0 Å². The summed E-state index contributed by atoms with van der Waals surface area (Å²) >= 11 is 1.61. The quantitative estimate of drug-likeness (QED) is 0.877. The van der Waals surface area contributed by atoms with Crippen molar-refractivity contribution < 1.29 is 8.42 Å². The molecule has 90 valence electrons. The number of rotatable bonds is 3. The van der Waals surface area contributed by atoms with Crippen LogP contribution >= 0.6 is 11.3 Å². The van der Waals surface area contributed by atoms with Crippen LogP contribution in [0, 0.1) is 0 Å². The van der Waals surface area contributed by atoms with E-state index in [1.165, 1.54) is 0 Å². The second-order valence-electron chi connectivity index (χ2n) is 4.16. The van der Waals surface area contributed by atoms with Crippen molar-refractivity contribution in [2.75, 3.05) is 18.1 Å². The lowest BCUT2D eigenvalue weighted by Crippen LogP contribution is -2.23. The molecule has 0 saturated carbocycles. The van der Waals surface area contributed by atoms with Gasteiger partial charge in [-0.05, 0) is 25.8 Å². The maximum atomic E-state index is 11.5. The summed E-state index contributed by atoms with van der Waals surface area (Å²) in [6, 6.07) is 0. The van der Waals surface area contributed by atoms with Gasteiger partial charge in [-0.3, -0.25) is 0 Å². The predicted octanol–water partition coefficient (Wildman–Crippen LogP) is 0.937. The molecule has 0 radical (unpaired) electrons. The van der Waals surface area contributed by atoms with E-state index in [-0.39, 0.29) is 11.7 Å². The van der Waals surface area contributed by atoms with Gasteiger partial charge in [-0.2, -0.15) is 0 Å². The first-order chi connectivity index (χ1) is 7.61. The van der Waals surface area contributed by atoms with E-state index in [9.17, 15) is 8.42 Å². The molecule has 2 N–H and O–H groups in total. The van der Waals surface area contributed by atoms with Crippen LogP contribution in [0.4, 0.5) is 0 Å². The van der Waals surface area contributed by atoms with Gasteiger partial charge in [0, 0.05) is 17.0 Å². The van der Waals surface area contributed by atoms with Crippen LogP contribution in [0.5, 0.6) is 0 Å². The zero-order valence-corrected chi connectivity index (χ0v) is 10.7. The first kappa shape index (κ1) is 12.0. The number of aromatic nitrogens is 1. The van der Waals surface area contributed by atoms with Crippen molar-refractivity contribution in [2.45, 2.75) is 25.2 Å². The van der Waals surface area contributed by atoms with Crippen molar-refractivity contribution in [3.8, 4) is 0 Å². The van der Waals surface area contributed by atoms with E-state index in [0.717, 1.165) is 29.1 Å². The third kappa shape index (κ3) is 2.81. The van der Waals surface area contributed by atoms with Crippen molar-refractivity contribution in [1.29, 1.82) is 0 Å². The molecule has 1 aliphatic rings. The molecule has 1 aromatic heterocycles. The van der Waals surface area contributed by atoms with E-state index in [1.54, 1.807) is 11.3 Å². The Bertz CT molecular complexity index is 453.